The van der Waals surface area contributed by atoms with Crippen LogP contribution in [0.5, 0.6) is 11.5 Å². The number of aromatic nitrogens is 1. The Hall–Kier alpha value is -1.64. The number of nitrogens with zero attached hydrogens (tertiary/aromatic N) is 1. The molecule has 0 saturated heterocycles. The number of rotatable bonds is 5. The molecule has 0 bridgehead atoms. The highest BCUT2D eigenvalue weighted by Gasteiger charge is 2.06. The van der Waals surface area contributed by atoms with Crippen molar-refractivity contribution in [3.8, 4) is 11.5 Å². The number of phenols is 2. The zero-order chi connectivity index (χ0) is 12.3. The number of benzene rings is 1. The summed E-state index contributed by atoms with van der Waals surface area (Å²) in [7, 11) is 0. The van der Waals surface area contributed by atoms with Crippen LogP contribution in [0.1, 0.15) is 32.6 Å². The largest absolute Gasteiger partial charge is 0.504 e. The third kappa shape index (κ3) is 2.54. The van der Waals surface area contributed by atoms with Crippen LogP contribution in [0.15, 0.2) is 24.4 Å². The number of aromatic hydroxyl groups is 2. The van der Waals surface area contributed by atoms with E-state index in [1.54, 1.807) is 12.1 Å². The van der Waals surface area contributed by atoms with Crippen molar-refractivity contribution in [2.45, 2.75) is 39.2 Å². The zero-order valence-electron chi connectivity index (χ0n) is 10.2. The molecule has 92 valence electrons. The lowest BCUT2D eigenvalue weighted by Crippen LogP contribution is -1.95. The number of hydrogen-bond donors (Lipinski definition) is 2. The van der Waals surface area contributed by atoms with Crippen molar-refractivity contribution < 1.29 is 10.2 Å². The van der Waals surface area contributed by atoms with Crippen LogP contribution in [0.3, 0.4) is 0 Å². The minimum absolute atomic E-state index is 0.0500. The molecule has 0 radical (unpaired) electrons. The Morgan fingerprint density at radius 2 is 1.82 bits per heavy atom. The molecule has 3 heteroatoms. The van der Waals surface area contributed by atoms with E-state index in [2.05, 4.69) is 11.5 Å². The van der Waals surface area contributed by atoms with Gasteiger partial charge in [-0.1, -0.05) is 26.2 Å². The van der Waals surface area contributed by atoms with Crippen LogP contribution in [0, 0.1) is 0 Å². The molecular formula is C14H19NO2. The van der Waals surface area contributed by atoms with Crippen LogP contribution < -0.4 is 0 Å². The molecule has 0 atom stereocenters. The first-order valence-electron chi connectivity index (χ1n) is 6.23. The molecule has 17 heavy (non-hydrogen) atoms. The van der Waals surface area contributed by atoms with Crippen LogP contribution in [0.25, 0.3) is 10.9 Å². The predicted molar refractivity (Wildman–Crippen MR) is 69.4 cm³/mol. The monoisotopic (exact) mass is 233 g/mol. The van der Waals surface area contributed by atoms with Gasteiger partial charge in [0.25, 0.3) is 0 Å². The van der Waals surface area contributed by atoms with E-state index in [1.807, 2.05) is 12.3 Å². The fourth-order valence-corrected chi connectivity index (χ4v) is 2.12. The van der Waals surface area contributed by atoms with Crippen molar-refractivity contribution in [3.05, 3.63) is 24.4 Å². The van der Waals surface area contributed by atoms with Gasteiger partial charge in [0.15, 0.2) is 11.5 Å². The number of fused-ring (bicyclic) bond motifs is 1. The van der Waals surface area contributed by atoms with Gasteiger partial charge < -0.3 is 14.8 Å². The van der Waals surface area contributed by atoms with Crippen molar-refractivity contribution in [1.29, 1.82) is 0 Å². The van der Waals surface area contributed by atoms with Gasteiger partial charge in [0, 0.05) is 24.2 Å². The van der Waals surface area contributed by atoms with Gasteiger partial charge in [0.2, 0.25) is 0 Å². The van der Waals surface area contributed by atoms with E-state index < -0.39 is 0 Å². The molecule has 0 aliphatic heterocycles. The van der Waals surface area contributed by atoms with Crippen molar-refractivity contribution >= 4 is 10.9 Å². The summed E-state index contributed by atoms with van der Waals surface area (Å²) < 4.78 is 2.13. The quantitative estimate of drug-likeness (QED) is 0.612. The second kappa shape index (κ2) is 5.13. The molecule has 2 rings (SSSR count). The summed E-state index contributed by atoms with van der Waals surface area (Å²) in [6.45, 7) is 3.17. The molecule has 0 aliphatic rings. The molecule has 3 nitrogen and oxygen atoms in total. The van der Waals surface area contributed by atoms with Crippen molar-refractivity contribution in [3.63, 3.8) is 0 Å². The molecule has 0 amide bonds. The SMILES string of the molecule is CCCCCCn1ccc2cc(O)c(O)cc21. The predicted octanol–water partition coefficient (Wildman–Crippen LogP) is 3.63. The summed E-state index contributed by atoms with van der Waals surface area (Å²) in [4.78, 5) is 0. The summed E-state index contributed by atoms with van der Waals surface area (Å²) in [6.07, 6.45) is 6.90. The maximum absolute atomic E-state index is 9.51. The third-order valence-corrected chi connectivity index (χ3v) is 3.12. The average Bonchev–Trinajstić information content (AvgIpc) is 2.68. The summed E-state index contributed by atoms with van der Waals surface area (Å²) in [5.41, 5.74) is 0.983. The summed E-state index contributed by atoms with van der Waals surface area (Å²) in [6, 6.07) is 5.20. The first-order valence-corrected chi connectivity index (χ1v) is 6.23. The molecule has 2 aromatic rings. The Kier molecular flexibility index (Phi) is 3.57. The highest BCUT2D eigenvalue weighted by Crippen LogP contribution is 2.30. The Morgan fingerprint density at radius 3 is 2.59 bits per heavy atom. The number of unbranched alkanes of at least 4 members (excludes halogenated alkanes) is 3. The number of hydrogen-bond acceptors (Lipinski definition) is 2. The molecule has 1 heterocycles. The first-order chi connectivity index (χ1) is 8.22. The van der Waals surface area contributed by atoms with Gasteiger partial charge in [-0.15, -0.1) is 0 Å². The maximum atomic E-state index is 9.51. The molecular weight excluding hydrogens is 214 g/mol. The van der Waals surface area contributed by atoms with Crippen molar-refractivity contribution in [2.75, 3.05) is 0 Å². The van der Waals surface area contributed by atoms with E-state index in [4.69, 9.17) is 0 Å². The minimum Gasteiger partial charge on any atom is -0.504 e. The summed E-state index contributed by atoms with van der Waals surface area (Å²) >= 11 is 0. The van der Waals surface area contributed by atoms with Crippen molar-refractivity contribution in [1.82, 2.24) is 4.57 Å². The lowest BCUT2D eigenvalue weighted by molar-refractivity contribution is 0.404. The molecule has 0 aliphatic carbocycles. The summed E-state index contributed by atoms with van der Waals surface area (Å²) in [5, 5.41) is 19.9. The molecule has 2 N–H and O–H groups in total. The zero-order valence-corrected chi connectivity index (χ0v) is 10.2. The lowest BCUT2D eigenvalue weighted by atomic mass is 10.2. The molecule has 0 saturated carbocycles. The van der Waals surface area contributed by atoms with Gasteiger partial charge in [-0.05, 0) is 18.6 Å². The molecule has 0 fully saturated rings. The standard InChI is InChI=1S/C14H19NO2/c1-2-3-4-5-7-15-8-6-11-9-13(16)14(17)10-12(11)15/h6,8-10,16-17H,2-5,7H2,1H3. The molecule has 0 spiro atoms. The fourth-order valence-electron chi connectivity index (χ4n) is 2.12. The van der Waals surface area contributed by atoms with Gasteiger partial charge in [-0.2, -0.15) is 0 Å². The number of aryl methyl sites for hydroxylation is 1. The van der Waals surface area contributed by atoms with E-state index >= 15 is 0 Å². The van der Waals surface area contributed by atoms with Crippen LogP contribution in [-0.4, -0.2) is 14.8 Å². The van der Waals surface area contributed by atoms with Gasteiger partial charge in [-0.3, -0.25) is 0 Å². The molecule has 0 unspecified atom stereocenters. The second-order valence-corrected chi connectivity index (χ2v) is 4.47. The topological polar surface area (TPSA) is 45.4 Å². The van der Waals surface area contributed by atoms with E-state index in [0.29, 0.717) is 0 Å². The highest BCUT2D eigenvalue weighted by atomic mass is 16.3. The molecule has 1 aromatic heterocycles. The van der Waals surface area contributed by atoms with E-state index in [9.17, 15) is 10.2 Å². The average molecular weight is 233 g/mol. The van der Waals surface area contributed by atoms with E-state index in [1.165, 1.54) is 19.3 Å². The maximum Gasteiger partial charge on any atom is 0.159 e. The molecule has 1 aromatic carbocycles. The minimum atomic E-state index is -0.0544. The van der Waals surface area contributed by atoms with Crippen molar-refractivity contribution in [2.24, 2.45) is 0 Å². The lowest BCUT2D eigenvalue weighted by Gasteiger charge is -2.06. The van der Waals surface area contributed by atoms with Crippen LogP contribution >= 0.6 is 0 Å². The van der Waals surface area contributed by atoms with Gasteiger partial charge in [0.05, 0.1) is 5.52 Å². The Morgan fingerprint density at radius 1 is 1.06 bits per heavy atom. The van der Waals surface area contributed by atoms with Crippen LogP contribution in [0.4, 0.5) is 0 Å². The van der Waals surface area contributed by atoms with Crippen LogP contribution in [-0.2, 0) is 6.54 Å². The van der Waals surface area contributed by atoms with Gasteiger partial charge in [0.1, 0.15) is 0 Å². The Labute approximate surface area is 101 Å². The van der Waals surface area contributed by atoms with E-state index in [0.717, 1.165) is 23.9 Å². The third-order valence-electron chi connectivity index (χ3n) is 3.12. The van der Waals surface area contributed by atoms with Gasteiger partial charge in [-0.25, -0.2) is 0 Å². The normalized spacial score (nSPS) is 11.1. The fraction of sp³-hybridized carbons (Fsp3) is 0.429. The smallest absolute Gasteiger partial charge is 0.159 e. The number of phenolic OH excluding ortho intramolecular Hbond substituents is 2. The van der Waals surface area contributed by atoms with Crippen LogP contribution in [0.2, 0.25) is 0 Å². The van der Waals surface area contributed by atoms with Gasteiger partial charge >= 0.3 is 0 Å². The Balaban J connectivity index is 2.15. The second-order valence-electron chi connectivity index (χ2n) is 4.47. The summed E-state index contributed by atoms with van der Waals surface area (Å²) in [5.74, 6) is -0.104. The highest BCUT2D eigenvalue weighted by molar-refractivity contribution is 5.83. The van der Waals surface area contributed by atoms with E-state index in [-0.39, 0.29) is 11.5 Å². The Bertz CT molecular complexity index is 502. The first kappa shape index (κ1) is 11.8.